The van der Waals surface area contributed by atoms with Crippen LogP contribution in [-0.2, 0) is 17.8 Å². The number of hydrogen-bond acceptors (Lipinski definition) is 3. The fraction of sp³-hybridized carbons (Fsp3) is 0.538. The van der Waals surface area contributed by atoms with Gasteiger partial charge in [0.2, 0.25) is 0 Å². The Bertz CT molecular complexity index is 369. The lowest BCUT2D eigenvalue weighted by Gasteiger charge is -2.11. The second kappa shape index (κ2) is 4.44. The standard InChI is InChI=1S/C13H18O3/c1-15-9-11-5-10(6-12(7-11)16-2)8-13(14)3-4-13/h5-7,14H,3-4,8-9H2,1-2H3. The Hall–Kier alpha value is -1.06. The third kappa shape index (κ3) is 2.74. The molecule has 1 aliphatic carbocycles. The molecule has 0 aliphatic heterocycles. The Morgan fingerprint density at radius 1 is 1.19 bits per heavy atom. The van der Waals surface area contributed by atoms with Crippen molar-refractivity contribution in [3.8, 4) is 5.75 Å². The molecule has 0 saturated heterocycles. The lowest BCUT2D eigenvalue weighted by molar-refractivity contribution is 0.150. The fourth-order valence-corrected chi connectivity index (χ4v) is 1.90. The maximum Gasteiger partial charge on any atom is 0.119 e. The van der Waals surface area contributed by atoms with Gasteiger partial charge in [0.25, 0.3) is 0 Å². The quantitative estimate of drug-likeness (QED) is 0.827. The lowest BCUT2D eigenvalue weighted by Crippen LogP contribution is -2.11. The molecule has 1 aromatic rings. The zero-order valence-corrected chi connectivity index (χ0v) is 9.82. The topological polar surface area (TPSA) is 38.7 Å². The first-order valence-corrected chi connectivity index (χ1v) is 5.53. The molecule has 1 aliphatic rings. The highest BCUT2D eigenvalue weighted by Gasteiger charge is 2.40. The molecule has 2 rings (SSSR count). The molecule has 88 valence electrons. The van der Waals surface area contributed by atoms with Crippen LogP contribution in [0.3, 0.4) is 0 Å². The molecular weight excluding hydrogens is 204 g/mol. The van der Waals surface area contributed by atoms with Gasteiger partial charge in [-0.05, 0) is 36.1 Å². The number of hydrogen-bond donors (Lipinski definition) is 1. The van der Waals surface area contributed by atoms with Crippen molar-refractivity contribution in [3.63, 3.8) is 0 Å². The van der Waals surface area contributed by atoms with Gasteiger partial charge in [0.05, 0.1) is 19.3 Å². The van der Waals surface area contributed by atoms with E-state index in [1.807, 2.05) is 12.1 Å². The Balaban J connectivity index is 2.18. The van der Waals surface area contributed by atoms with E-state index >= 15 is 0 Å². The molecule has 0 bridgehead atoms. The number of rotatable bonds is 5. The van der Waals surface area contributed by atoms with E-state index in [9.17, 15) is 5.11 Å². The van der Waals surface area contributed by atoms with E-state index in [1.54, 1.807) is 14.2 Å². The van der Waals surface area contributed by atoms with Crippen molar-refractivity contribution in [1.29, 1.82) is 0 Å². The molecule has 1 saturated carbocycles. The van der Waals surface area contributed by atoms with Crippen LogP contribution >= 0.6 is 0 Å². The van der Waals surface area contributed by atoms with E-state index in [-0.39, 0.29) is 0 Å². The molecule has 0 heterocycles. The van der Waals surface area contributed by atoms with Crippen molar-refractivity contribution in [1.82, 2.24) is 0 Å². The molecule has 1 aromatic carbocycles. The number of ether oxygens (including phenoxy) is 2. The predicted octanol–water partition coefficient (Wildman–Crippen LogP) is 1.91. The Labute approximate surface area is 96.0 Å². The Kier molecular flexibility index (Phi) is 3.17. The zero-order chi connectivity index (χ0) is 11.6. The van der Waals surface area contributed by atoms with E-state index in [0.717, 1.165) is 29.7 Å². The summed E-state index contributed by atoms with van der Waals surface area (Å²) in [5, 5.41) is 9.89. The third-order valence-corrected chi connectivity index (χ3v) is 2.93. The second-order valence-corrected chi connectivity index (χ2v) is 4.52. The second-order valence-electron chi connectivity index (χ2n) is 4.52. The van der Waals surface area contributed by atoms with Crippen molar-refractivity contribution in [2.45, 2.75) is 31.5 Å². The minimum Gasteiger partial charge on any atom is -0.497 e. The fourth-order valence-electron chi connectivity index (χ4n) is 1.90. The van der Waals surface area contributed by atoms with Crippen molar-refractivity contribution < 1.29 is 14.6 Å². The van der Waals surface area contributed by atoms with Gasteiger partial charge >= 0.3 is 0 Å². The summed E-state index contributed by atoms with van der Waals surface area (Å²) in [6.07, 6.45) is 2.52. The molecule has 0 spiro atoms. The van der Waals surface area contributed by atoms with Gasteiger partial charge in [-0.3, -0.25) is 0 Å². The largest absolute Gasteiger partial charge is 0.497 e. The van der Waals surface area contributed by atoms with Crippen LogP contribution in [0.4, 0.5) is 0 Å². The number of methoxy groups -OCH3 is 2. The maximum absolute atomic E-state index is 9.89. The van der Waals surface area contributed by atoms with E-state index in [2.05, 4.69) is 6.07 Å². The molecule has 0 unspecified atom stereocenters. The average molecular weight is 222 g/mol. The van der Waals surface area contributed by atoms with Crippen LogP contribution in [0, 0.1) is 0 Å². The minimum atomic E-state index is -0.462. The molecular formula is C13H18O3. The van der Waals surface area contributed by atoms with Crippen LogP contribution < -0.4 is 4.74 Å². The lowest BCUT2D eigenvalue weighted by atomic mass is 10.0. The molecule has 0 atom stereocenters. The molecule has 1 N–H and O–H groups in total. The molecule has 0 aromatic heterocycles. The molecule has 1 fully saturated rings. The normalized spacial score (nSPS) is 17.2. The van der Waals surface area contributed by atoms with E-state index in [4.69, 9.17) is 9.47 Å². The van der Waals surface area contributed by atoms with Crippen LogP contribution in [0.25, 0.3) is 0 Å². The summed E-state index contributed by atoms with van der Waals surface area (Å²) in [5.74, 6) is 0.828. The highest BCUT2D eigenvalue weighted by molar-refractivity contribution is 5.35. The minimum absolute atomic E-state index is 0.462. The van der Waals surface area contributed by atoms with Gasteiger partial charge in [-0.2, -0.15) is 0 Å². The summed E-state index contributed by atoms with van der Waals surface area (Å²) in [6, 6.07) is 6.02. The molecule has 3 nitrogen and oxygen atoms in total. The Morgan fingerprint density at radius 3 is 2.44 bits per heavy atom. The summed E-state index contributed by atoms with van der Waals surface area (Å²) in [4.78, 5) is 0. The van der Waals surface area contributed by atoms with Crippen molar-refractivity contribution >= 4 is 0 Å². The van der Waals surface area contributed by atoms with Gasteiger partial charge in [0.1, 0.15) is 5.75 Å². The first-order valence-electron chi connectivity index (χ1n) is 5.53. The SMILES string of the molecule is COCc1cc(CC2(O)CC2)cc(OC)c1. The Morgan fingerprint density at radius 2 is 1.88 bits per heavy atom. The van der Waals surface area contributed by atoms with Gasteiger partial charge < -0.3 is 14.6 Å². The molecule has 16 heavy (non-hydrogen) atoms. The summed E-state index contributed by atoms with van der Waals surface area (Å²) >= 11 is 0. The van der Waals surface area contributed by atoms with Crippen LogP contribution in [0.5, 0.6) is 5.75 Å². The van der Waals surface area contributed by atoms with Crippen LogP contribution in [0.15, 0.2) is 18.2 Å². The van der Waals surface area contributed by atoms with Crippen LogP contribution in [0.2, 0.25) is 0 Å². The van der Waals surface area contributed by atoms with E-state index in [0.29, 0.717) is 13.0 Å². The van der Waals surface area contributed by atoms with Crippen LogP contribution in [-0.4, -0.2) is 24.9 Å². The average Bonchev–Trinajstić information content (AvgIpc) is 2.96. The van der Waals surface area contributed by atoms with Crippen molar-refractivity contribution in [3.05, 3.63) is 29.3 Å². The molecule has 0 amide bonds. The summed E-state index contributed by atoms with van der Waals surface area (Å²) in [6.45, 7) is 0.572. The third-order valence-electron chi connectivity index (χ3n) is 2.93. The van der Waals surface area contributed by atoms with Crippen molar-refractivity contribution in [2.24, 2.45) is 0 Å². The van der Waals surface area contributed by atoms with Gasteiger partial charge in [-0.15, -0.1) is 0 Å². The van der Waals surface area contributed by atoms with Gasteiger partial charge in [0.15, 0.2) is 0 Å². The van der Waals surface area contributed by atoms with Gasteiger partial charge in [0, 0.05) is 13.5 Å². The monoisotopic (exact) mass is 222 g/mol. The smallest absolute Gasteiger partial charge is 0.119 e. The first kappa shape index (κ1) is 11.4. The van der Waals surface area contributed by atoms with Crippen molar-refractivity contribution in [2.75, 3.05) is 14.2 Å². The van der Waals surface area contributed by atoms with Gasteiger partial charge in [-0.25, -0.2) is 0 Å². The summed E-state index contributed by atoms with van der Waals surface area (Å²) in [5.41, 5.74) is 1.74. The zero-order valence-electron chi connectivity index (χ0n) is 9.82. The molecule has 3 heteroatoms. The highest BCUT2D eigenvalue weighted by Crippen LogP contribution is 2.38. The summed E-state index contributed by atoms with van der Waals surface area (Å²) < 4.78 is 10.3. The predicted molar refractivity (Wildman–Crippen MR) is 61.6 cm³/mol. The van der Waals surface area contributed by atoms with Gasteiger partial charge in [-0.1, -0.05) is 6.07 Å². The van der Waals surface area contributed by atoms with Crippen LogP contribution in [0.1, 0.15) is 24.0 Å². The van der Waals surface area contributed by atoms with E-state index < -0.39 is 5.60 Å². The molecule has 0 radical (unpaired) electrons. The van der Waals surface area contributed by atoms with E-state index in [1.165, 1.54) is 0 Å². The maximum atomic E-state index is 9.89. The first-order chi connectivity index (χ1) is 7.65. The number of aliphatic hydroxyl groups is 1. The highest BCUT2D eigenvalue weighted by atomic mass is 16.5. The number of benzene rings is 1. The summed E-state index contributed by atoms with van der Waals surface area (Å²) in [7, 11) is 3.33.